The summed E-state index contributed by atoms with van der Waals surface area (Å²) in [6.45, 7) is 5.59. The second-order valence-corrected chi connectivity index (χ2v) is 6.18. The van der Waals surface area contributed by atoms with Gasteiger partial charge in [-0.3, -0.25) is 4.99 Å². The van der Waals surface area contributed by atoms with Gasteiger partial charge in [-0.1, -0.05) is 31.1 Å². The fourth-order valence-electron chi connectivity index (χ4n) is 2.40. The minimum Gasteiger partial charge on any atom is -0.497 e. The summed E-state index contributed by atoms with van der Waals surface area (Å²) in [4.78, 5) is 4.23. The highest BCUT2D eigenvalue weighted by Crippen LogP contribution is 2.14. The summed E-state index contributed by atoms with van der Waals surface area (Å²) in [5.41, 5.74) is 2.24. The molecule has 0 saturated carbocycles. The zero-order valence-electron chi connectivity index (χ0n) is 15.5. The minimum atomic E-state index is 0.367. The average molecular weight is 344 g/mol. The zero-order valence-corrected chi connectivity index (χ0v) is 15.5. The molecule has 0 fully saturated rings. The first-order chi connectivity index (χ1) is 12.1. The van der Waals surface area contributed by atoms with E-state index in [2.05, 4.69) is 46.8 Å². The molecule has 0 amide bonds. The predicted octanol–water partition coefficient (Wildman–Crippen LogP) is 3.10. The van der Waals surface area contributed by atoms with Gasteiger partial charge in [-0.15, -0.1) is 0 Å². The third kappa shape index (κ3) is 6.14. The number of rotatable bonds is 8. The van der Waals surface area contributed by atoms with E-state index in [0.717, 1.165) is 42.5 Å². The van der Waals surface area contributed by atoms with E-state index >= 15 is 0 Å². The standard InChI is InChI=1S/C19H28N4O2/c1-14(2)18-12-17(25-23-18)13-22-19(20-3)21-10-6-8-15-7-5-9-16(11-15)24-4/h5,7,9,11-12,14H,6,8,10,13H2,1-4H3,(H2,20,21,22). The summed E-state index contributed by atoms with van der Waals surface area (Å²) in [6.07, 6.45) is 1.99. The quantitative estimate of drug-likeness (QED) is 0.437. The maximum Gasteiger partial charge on any atom is 0.191 e. The predicted molar refractivity (Wildman–Crippen MR) is 100 cm³/mol. The van der Waals surface area contributed by atoms with Crippen LogP contribution in [-0.2, 0) is 13.0 Å². The van der Waals surface area contributed by atoms with Crippen molar-refractivity contribution in [1.82, 2.24) is 15.8 Å². The number of hydrogen-bond acceptors (Lipinski definition) is 4. The molecule has 0 spiro atoms. The highest BCUT2D eigenvalue weighted by molar-refractivity contribution is 5.79. The fourth-order valence-corrected chi connectivity index (χ4v) is 2.40. The fraction of sp³-hybridized carbons (Fsp3) is 0.474. The molecule has 0 unspecified atom stereocenters. The Kier molecular flexibility index (Phi) is 7.32. The van der Waals surface area contributed by atoms with Crippen molar-refractivity contribution in [3.8, 4) is 5.75 Å². The summed E-state index contributed by atoms with van der Waals surface area (Å²) in [5, 5.41) is 10.6. The highest BCUT2D eigenvalue weighted by Gasteiger charge is 2.08. The van der Waals surface area contributed by atoms with E-state index in [-0.39, 0.29) is 0 Å². The normalized spacial score (nSPS) is 11.6. The molecular weight excluding hydrogens is 316 g/mol. The van der Waals surface area contributed by atoms with E-state index < -0.39 is 0 Å². The lowest BCUT2D eigenvalue weighted by Crippen LogP contribution is -2.37. The molecule has 2 N–H and O–H groups in total. The van der Waals surface area contributed by atoms with Gasteiger partial charge in [0.2, 0.25) is 0 Å². The van der Waals surface area contributed by atoms with Crippen LogP contribution in [0.15, 0.2) is 39.8 Å². The van der Waals surface area contributed by atoms with Gasteiger partial charge in [0, 0.05) is 19.7 Å². The Morgan fingerprint density at radius 1 is 1.28 bits per heavy atom. The van der Waals surface area contributed by atoms with E-state index in [4.69, 9.17) is 9.26 Å². The molecule has 1 heterocycles. The van der Waals surface area contributed by atoms with Crippen molar-refractivity contribution in [1.29, 1.82) is 0 Å². The average Bonchev–Trinajstić information content (AvgIpc) is 3.10. The third-order valence-corrected chi connectivity index (χ3v) is 3.89. The van der Waals surface area contributed by atoms with Crippen LogP contribution in [0, 0.1) is 0 Å². The van der Waals surface area contributed by atoms with Crippen LogP contribution in [0.3, 0.4) is 0 Å². The number of aryl methyl sites for hydroxylation is 1. The van der Waals surface area contributed by atoms with Crippen LogP contribution in [-0.4, -0.2) is 31.8 Å². The largest absolute Gasteiger partial charge is 0.497 e. The maximum absolute atomic E-state index is 5.32. The third-order valence-electron chi connectivity index (χ3n) is 3.89. The Morgan fingerprint density at radius 2 is 2.12 bits per heavy atom. The number of nitrogens with one attached hydrogen (secondary N) is 2. The zero-order chi connectivity index (χ0) is 18.1. The lowest BCUT2D eigenvalue weighted by molar-refractivity contribution is 0.372. The Labute approximate surface area is 149 Å². The van der Waals surface area contributed by atoms with E-state index in [1.807, 2.05) is 18.2 Å². The van der Waals surface area contributed by atoms with Crippen molar-refractivity contribution < 1.29 is 9.26 Å². The molecule has 0 bridgehead atoms. The van der Waals surface area contributed by atoms with Gasteiger partial charge in [0.15, 0.2) is 11.7 Å². The van der Waals surface area contributed by atoms with Crippen molar-refractivity contribution in [2.75, 3.05) is 20.7 Å². The van der Waals surface area contributed by atoms with E-state index in [1.165, 1.54) is 5.56 Å². The molecular formula is C19H28N4O2. The van der Waals surface area contributed by atoms with Gasteiger partial charge < -0.3 is 19.9 Å². The Hall–Kier alpha value is -2.50. The molecule has 0 aliphatic rings. The Morgan fingerprint density at radius 3 is 2.80 bits per heavy atom. The van der Waals surface area contributed by atoms with Gasteiger partial charge in [-0.25, -0.2) is 0 Å². The Bertz CT molecular complexity index is 680. The van der Waals surface area contributed by atoms with Crippen LogP contribution < -0.4 is 15.4 Å². The molecule has 25 heavy (non-hydrogen) atoms. The molecule has 0 atom stereocenters. The van der Waals surface area contributed by atoms with E-state index in [1.54, 1.807) is 14.2 Å². The number of aromatic nitrogens is 1. The molecule has 0 aliphatic carbocycles. The molecule has 1 aromatic heterocycles. The summed E-state index contributed by atoms with van der Waals surface area (Å²) in [6, 6.07) is 10.1. The molecule has 136 valence electrons. The molecule has 2 aromatic rings. The Balaban J connectivity index is 1.71. The van der Waals surface area contributed by atoms with Crippen molar-refractivity contribution in [3.63, 3.8) is 0 Å². The second kappa shape index (κ2) is 9.71. The van der Waals surface area contributed by atoms with Gasteiger partial charge in [-0.05, 0) is 36.5 Å². The molecule has 0 saturated heterocycles. The van der Waals surface area contributed by atoms with Crippen molar-refractivity contribution in [2.45, 2.75) is 39.2 Å². The van der Waals surface area contributed by atoms with Crippen LogP contribution in [0.2, 0.25) is 0 Å². The number of nitrogens with zero attached hydrogens (tertiary/aromatic N) is 2. The maximum atomic E-state index is 5.32. The van der Waals surface area contributed by atoms with Crippen LogP contribution in [0.25, 0.3) is 0 Å². The van der Waals surface area contributed by atoms with E-state index in [0.29, 0.717) is 12.5 Å². The minimum absolute atomic E-state index is 0.367. The first-order valence-electron chi connectivity index (χ1n) is 8.65. The molecule has 0 radical (unpaired) electrons. The number of methoxy groups -OCH3 is 1. The van der Waals surface area contributed by atoms with Gasteiger partial charge in [0.25, 0.3) is 0 Å². The number of aliphatic imine (C=N–C) groups is 1. The molecule has 2 rings (SSSR count). The van der Waals surface area contributed by atoms with Crippen molar-refractivity contribution >= 4 is 5.96 Å². The van der Waals surface area contributed by atoms with Crippen LogP contribution in [0.1, 0.15) is 43.2 Å². The van der Waals surface area contributed by atoms with Gasteiger partial charge in [0.1, 0.15) is 5.75 Å². The monoisotopic (exact) mass is 344 g/mol. The first kappa shape index (κ1) is 18.8. The molecule has 0 aliphatic heterocycles. The first-order valence-corrected chi connectivity index (χ1v) is 8.65. The molecule has 1 aromatic carbocycles. The summed E-state index contributed by atoms with van der Waals surface area (Å²) < 4.78 is 10.6. The van der Waals surface area contributed by atoms with Crippen LogP contribution in [0.4, 0.5) is 0 Å². The van der Waals surface area contributed by atoms with Crippen molar-refractivity contribution in [2.24, 2.45) is 4.99 Å². The smallest absolute Gasteiger partial charge is 0.191 e. The molecule has 6 nitrogen and oxygen atoms in total. The lowest BCUT2D eigenvalue weighted by atomic mass is 10.1. The number of hydrogen-bond donors (Lipinski definition) is 2. The summed E-state index contributed by atoms with van der Waals surface area (Å²) >= 11 is 0. The topological polar surface area (TPSA) is 71.7 Å². The highest BCUT2D eigenvalue weighted by atomic mass is 16.5. The lowest BCUT2D eigenvalue weighted by Gasteiger charge is -2.11. The van der Waals surface area contributed by atoms with Gasteiger partial charge in [-0.2, -0.15) is 0 Å². The van der Waals surface area contributed by atoms with Crippen LogP contribution >= 0.6 is 0 Å². The number of guanidine groups is 1. The van der Waals surface area contributed by atoms with E-state index in [9.17, 15) is 0 Å². The SMILES string of the molecule is CN=C(NCCCc1cccc(OC)c1)NCc1cc(C(C)C)no1. The molecule has 6 heteroatoms. The summed E-state index contributed by atoms with van der Waals surface area (Å²) in [5.74, 6) is 2.83. The van der Waals surface area contributed by atoms with Crippen molar-refractivity contribution in [3.05, 3.63) is 47.3 Å². The second-order valence-electron chi connectivity index (χ2n) is 6.18. The van der Waals surface area contributed by atoms with Gasteiger partial charge in [0.05, 0.1) is 19.3 Å². The number of benzene rings is 1. The van der Waals surface area contributed by atoms with Gasteiger partial charge >= 0.3 is 0 Å². The van der Waals surface area contributed by atoms with Crippen LogP contribution in [0.5, 0.6) is 5.75 Å². The summed E-state index contributed by atoms with van der Waals surface area (Å²) in [7, 11) is 3.45. The number of ether oxygens (including phenoxy) is 1.